The highest BCUT2D eigenvalue weighted by atomic mass is 32.2. The van der Waals surface area contributed by atoms with Gasteiger partial charge in [-0.05, 0) is 57.7 Å². The third-order valence-corrected chi connectivity index (χ3v) is 5.65. The molecule has 0 spiro atoms. The van der Waals surface area contributed by atoms with Crippen LogP contribution in [0.1, 0.15) is 45.1 Å². The van der Waals surface area contributed by atoms with Crippen molar-refractivity contribution in [2.24, 2.45) is 0 Å². The Kier molecular flexibility index (Phi) is 3.82. The van der Waals surface area contributed by atoms with E-state index in [0.717, 1.165) is 31.3 Å². The zero-order valence-corrected chi connectivity index (χ0v) is 13.6. The van der Waals surface area contributed by atoms with Crippen molar-refractivity contribution in [3.05, 3.63) is 29.3 Å². The topological polar surface area (TPSA) is 75.3 Å². The minimum absolute atomic E-state index is 0.113. The summed E-state index contributed by atoms with van der Waals surface area (Å²) in [7, 11) is -3.56. The highest BCUT2D eigenvalue weighted by Gasteiger charge is 2.30. The van der Waals surface area contributed by atoms with Crippen LogP contribution in [0.5, 0.6) is 0 Å². The maximum absolute atomic E-state index is 12.3. The largest absolute Gasteiger partial charge is 0.321 e. The van der Waals surface area contributed by atoms with E-state index >= 15 is 0 Å². The molecule has 0 unspecified atom stereocenters. The molecule has 1 aromatic carbocycles. The molecule has 1 aliphatic heterocycles. The third-order valence-electron chi connectivity index (χ3n) is 4.00. The maximum atomic E-state index is 12.3. The summed E-state index contributed by atoms with van der Waals surface area (Å²) in [5, 5.41) is 2.83. The number of fused-ring (bicyclic) bond motifs is 1. The van der Waals surface area contributed by atoms with E-state index < -0.39 is 10.0 Å². The minimum Gasteiger partial charge on any atom is -0.321 e. The lowest BCUT2D eigenvalue weighted by molar-refractivity contribution is -0.110. The van der Waals surface area contributed by atoms with Gasteiger partial charge in [-0.2, -0.15) is 0 Å². The number of benzene rings is 1. The van der Waals surface area contributed by atoms with Gasteiger partial charge in [0.1, 0.15) is 0 Å². The molecule has 2 aliphatic rings. The first kappa shape index (κ1) is 15.2. The first-order valence-electron chi connectivity index (χ1n) is 7.58. The second-order valence-corrected chi connectivity index (χ2v) is 7.84. The van der Waals surface area contributed by atoms with E-state index in [1.54, 1.807) is 26.0 Å². The second kappa shape index (κ2) is 5.52. The molecule has 0 saturated heterocycles. The first-order valence-corrected chi connectivity index (χ1v) is 9.07. The van der Waals surface area contributed by atoms with Crippen LogP contribution in [0.3, 0.4) is 0 Å². The number of nitrogens with one attached hydrogen (secondary N) is 2. The molecule has 0 radical (unpaired) electrons. The molecule has 0 aromatic heterocycles. The van der Waals surface area contributed by atoms with Crippen molar-refractivity contribution in [3.8, 4) is 0 Å². The molecule has 22 heavy (non-hydrogen) atoms. The lowest BCUT2D eigenvalue weighted by Gasteiger charge is -2.11. The monoisotopic (exact) mass is 320 g/mol. The molecule has 3 rings (SSSR count). The average molecular weight is 320 g/mol. The summed E-state index contributed by atoms with van der Waals surface area (Å²) in [6.45, 7) is 3.56. The molecule has 6 heteroatoms. The number of amides is 1. The van der Waals surface area contributed by atoms with E-state index in [4.69, 9.17) is 0 Å². The first-order chi connectivity index (χ1) is 10.4. The van der Waals surface area contributed by atoms with Crippen molar-refractivity contribution >= 4 is 27.2 Å². The van der Waals surface area contributed by atoms with Gasteiger partial charge in [0.15, 0.2) is 0 Å². The molecular weight excluding hydrogens is 300 g/mol. The number of hydrogen-bond donors (Lipinski definition) is 2. The van der Waals surface area contributed by atoms with Gasteiger partial charge >= 0.3 is 0 Å². The number of anilines is 1. The van der Waals surface area contributed by atoms with E-state index in [9.17, 15) is 13.2 Å². The summed E-state index contributed by atoms with van der Waals surface area (Å²) in [6, 6.07) is 4.64. The van der Waals surface area contributed by atoms with Crippen LogP contribution < -0.4 is 10.0 Å². The van der Waals surface area contributed by atoms with Crippen LogP contribution in [-0.2, 0) is 14.8 Å². The van der Waals surface area contributed by atoms with E-state index in [1.807, 2.05) is 0 Å². The smallest absolute Gasteiger partial charge is 0.256 e. The molecule has 1 aliphatic carbocycles. The Morgan fingerprint density at radius 1 is 1.18 bits per heavy atom. The van der Waals surface area contributed by atoms with Crippen LogP contribution in [0, 0.1) is 0 Å². The van der Waals surface area contributed by atoms with Gasteiger partial charge in [0.2, 0.25) is 10.0 Å². The van der Waals surface area contributed by atoms with Crippen LogP contribution in [-0.4, -0.2) is 20.4 Å². The molecule has 0 bridgehead atoms. The highest BCUT2D eigenvalue weighted by Crippen LogP contribution is 2.40. The lowest BCUT2D eigenvalue weighted by atomic mass is 10.00. The molecule has 1 aromatic rings. The number of carbonyl (C=O) groups is 1. The minimum atomic E-state index is -3.56. The van der Waals surface area contributed by atoms with Crippen LogP contribution in [0.4, 0.5) is 5.69 Å². The fourth-order valence-electron chi connectivity index (χ4n) is 3.09. The quantitative estimate of drug-likeness (QED) is 0.841. The van der Waals surface area contributed by atoms with E-state index in [2.05, 4.69) is 10.0 Å². The zero-order chi connectivity index (χ0) is 15.9. The maximum Gasteiger partial charge on any atom is 0.256 e. The zero-order valence-electron chi connectivity index (χ0n) is 12.8. The molecule has 2 N–H and O–H groups in total. The van der Waals surface area contributed by atoms with Gasteiger partial charge in [0.05, 0.1) is 4.90 Å². The Morgan fingerprint density at radius 3 is 2.50 bits per heavy atom. The predicted molar refractivity (Wildman–Crippen MR) is 85.9 cm³/mol. The number of sulfonamides is 1. The molecule has 5 nitrogen and oxygen atoms in total. The summed E-state index contributed by atoms with van der Waals surface area (Å²) >= 11 is 0. The number of carbonyl (C=O) groups excluding carboxylic acids is 1. The summed E-state index contributed by atoms with van der Waals surface area (Å²) in [5.74, 6) is -0.113. The van der Waals surface area contributed by atoms with Crippen molar-refractivity contribution in [2.45, 2.75) is 50.5 Å². The van der Waals surface area contributed by atoms with Crippen molar-refractivity contribution in [1.29, 1.82) is 0 Å². The lowest BCUT2D eigenvalue weighted by Crippen LogP contribution is -2.30. The Bertz CT molecular complexity index is 756. The van der Waals surface area contributed by atoms with Crippen molar-refractivity contribution < 1.29 is 13.2 Å². The van der Waals surface area contributed by atoms with E-state index in [1.165, 1.54) is 6.07 Å². The standard InChI is InChI=1S/C16H20N2O3S/c1-10(2)18-22(20,21)12-7-8-14-13(9-12)15(16(19)17-14)11-5-3-4-6-11/h7-10,18H,3-6H2,1-2H3,(H,17,19). The number of allylic oxidation sites excluding steroid dienone is 1. The van der Waals surface area contributed by atoms with E-state index in [-0.39, 0.29) is 16.8 Å². The number of rotatable bonds is 3. The van der Waals surface area contributed by atoms with Gasteiger partial charge < -0.3 is 5.32 Å². The molecule has 0 atom stereocenters. The normalized spacial score (nSPS) is 18.0. The summed E-state index contributed by atoms with van der Waals surface area (Å²) in [4.78, 5) is 12.4. The fourth-order valence-corrected chi connectivity index (χ4v) is 4.37. The molecular formula is C16H20N2O3S. The van der Waals surface area contributed by atoms with Gasteiger partial charge in [-0.1, -0.05) is 5.57 Å². The summed E-state index contributed by atoms with van der Waals surface area (Å²) in [5.41, 5.74) is 3.23. The second-order valence-electron chi connectivity index (χ2n) is 6.12. The van der Waals surface area contributed by atoms with Gasteiger partial charge in [-0.25, -0.2) is 13.1 Å². The van der Waals surface area contributed by atoms with Gasteiger partial charge in [-0.3, -0.25) is 4.79 Å². The Labute approximate surface area is 130 Å². The van der Waals surface area contributed by atoms with Crippen molar-refractivity contribution in [3.63, 3.8) is 0 Å². The van der Waals surface area contributed by atoms with Crippen LogP contribution in [0.25, 0.3) is 5.57 Å². The number of hydrogen-bond acceptors (Lipinski definition) is 3. The predicted octanol–water partition coefficient (Wildman–Crippen LogP) is 2.65. The molecule has 1 fully saturated rings. The van der Waals surface area contributed by atoms with E-state index in [0.29, 0.717) is 16.8 Å². The molecule has 1 heterocycles. The Morgan fingerprint density at radius 2 is 1.86 bits per heavy atom. The fraction of sp³-hybridized carbons (Fsp3) is 0.438. The van der Waals surface area contributed by atoms with Crippen LogP contribution in [0.15, 0.2) is 28.7 Å². The van der Waals surface area contributed by atoms with Crippen LogP contribution >= 0.6 is 0 Å². The van der Waals surface area contributed by atoms with Gasteiger partial charge in [0.25, 0.3) is 5.91 Å². The summed E-state index contributed by atoms with van der Waals surface area (Å²) < 4.78 is 27.2. The van der Waals surface area contributed by atoms with Crippen LogP contribution in [0.2, 0.25) is 0 Å². The third kappa shape index (κ3) is 2.68. The van der Waals surface area contributed by atoms with Crippen molar-refractivity contribution in [1.82, 2.24) is 4.72 Å². The molecule has 1 amide bonds. The van der Waals surface area contributed by atoms with Gasteiger partial charge in [-0.15, -0.1) is 0 Å². The highest BCUT2D eigenvalue weighted by molar-refractivity contribution is 7.89. The van der Waals surface area contributed by atoms with Gasteiger partial charge in [0, 0.05) is 22.9 Å². The Balaban J connectivity index is 2.08. The molecule has 1 saturated carbocycles. The summed E-state index contributed by atoms with van der Waals surface area (Å²) in [6.07, 6.45) is 4.02. The Hall–Kier alpha value is -1.66. The molecule has 118 valence electrons. The SMILES string of the molecule is CC(C)NS(=O)(=O)c1ccc2c(c1)C(=C1CCCC1)C(=O)N2. The van der Waals surface area contributed by atoms with Crippen molar-refractivity contribution in [2.75, 3.05) is 5.32 Å². The average Bonchev–Trinajstić information content (AvgIpc) is 3.02.